The van der Waals surface area contributed by atoms with E-state index in [2.05, 4.69) is 38.9 Å². The molecule has 0 saturated carbocycles. The highest BCUT2D eigenvalue weighted by molar-refractivity contribution is 9.10. The number of aromatic nitrogens is 3. The molecule has 0 amide bonds. The molecule has 4 aromatic rings. The molecule has 1 fully saturated rings. The Morgan fingerprint density at radius 3 is 2.78 bits per heavy atom. The molecule has 0 unspecified atom stereocenters. The third-order valence-electron chi connectivity index (χ3n) is 5.75. The maximum absolute atomic E-state index is 14.3. The minimum absolute atomic E-state index is 0.157. The molecule has 6 nitrogen and oxygen atoms in total. The Morgan fingerprint density at radius 2 is 2.00 bits per heavy atom. The molecule has 1 saturated heterocycles. The van der Waals surface area contributed by atoms with E-state index in [9.17, 15) is 9.18 Å². The van der Waals surface area contributed by atoms with E-state index in [1.165, 1.54) is 4.57 Å². The first-order chi connectivity index (χ1) is 15.5. The first kappa shape index (κ1) is 20.9. The number of rotatable bonds is 4. The Bertz CT molecular complexity index is 1360. The first-order valence-corrected chi connectivity index (χ1v) is 11.1. The number of morpholine rings is 1. The molecule has 1 radical (unpaired) electrons. The molecule has 0 atom stereocenters. The Morgan fingerprint density at radius 1 is 1.19 bits per heavy atom. The van der Waals surface area contributed by atoms with Crippen LogP contribution in [0.25, 0.3) is 22.2 Å². The number of hydrogen-bond donors (Lipinski definition) is 0. The normalized spacial score (nSPS) is 14.3. The summed E-state index contributed by atoms with van der Waals surface area (Å²) in [5.41, 5.74) is 3.67. The average Bonchev–Trinajstić information content (AvgIpc) is 3.14. The topological polar surface area (TPSA) is 52.3 Å². The number of anilines is 1. The highest BCUT2D eigenvalue weighted by Gasteiger charge is 2.16. The quantitative estimate of drug-likeness (QED) is 0.423. The van der Waals surface area contributed by atoms with Crippen LogP contribution in [0, 0.1) is 12.9 Å². The van der Waals surface area contributed by atoms with Gasteiger partial charge in [-0.25, -0.2) is 9.37 Å². The molecule has 1 aliphatic heterocycles. The minimum Gasteiger partial charge on any atom is -0.378 e. The molecule has 0 aliphatic carbocycles. The van der Waals surface area contributed by atoms with E-state index in [-0.39, 0.29) is 17.9 Å². The largest absolute Gasteiger partial charge is 0.378 e. The third kappa shape index (κ3) is 3.84. The summed E-state index contributed by atoms with van der Waals surface area (Å²) in [6.45, 7) is 3.17. The SMILES string of the molecule is [CH2]n1cc(-c2ccn(Cc3cccc(Br)c3F)c(=O)c2)c2cc(N3CCOCC3)cnc21. The second-order valence-electron chi connectivity index (χ2n) is 7.77. The van der Waals surface area contributed by atoms with Gasteiger partial charge in [-0.2, -0.15) is 0 Å². The Kier molecular flexibility index (Phi) is 5.57. The third-order valence-corrected chi connectivity index (χ3v) is 6.37. The summed E-state index contributed by atoms with van der Waals surface area (Å²) in [5.74, 6) is -0.356. The zero-order valence-electron chi connectivity index (χ0n) is 17.3. The summed E-state index contributed by atoms with van der Waals surface area (Å²) < 4.78 is 23.4. The standard InChI is InChI=1S/C24H21BrFN4O2/c1-28-15-20(19-12-18(13-27-24(19)28)29-7-9-32-10-8-29)16-5-6-30(22(31)11-16)14-17-3-2-4-21(25)23(17)26/h2-6,11-13,15H,1,7-10,14H2. The number of ether oxygens (including phenoxy) is 1. The molecule has 4 heterocycles. The molecular weight excluding hydrogens is 475 g/mol. The fourth-order valence-corrected chi connectivity index (χ4v) is 4.45. The number of fused-ring (bicyclic) bond motifs is 1. The first-order valence-electron chi connectivity index (χ1n) is 10.3. The van der Waals surface area contributed by atoms with Gasteiger partial charge in [0, 0.05) is 55.1 Å². The number of hydrogen-bond acceptors (Lipinski definition) is 4. The lowest BCUT2D eigenvalue weighted by molar-refractivity contribution is 0.122. The predicted octanol–water partition coefficient (Wildman–Crippen LogP) is 4.29. The van der Waals surface area contributed by atoms with E-state index < -0.39 is 0 Å². The van der Waals surface area contributed by atoms with Crippen LogP contribution < -0.4 is 10.5 Å². The van der Waals surface area contributed by atoms with Crippen LogP contribution in [0.1, 0.15) is 5.56 Å². The molecule has 32 heavy (non-hydrogen) atoms. The van der Waals surface area contributed by atoms with Crippen LogP contribution in [-0.2, 0) is 11.3 Å². The van der Waals surface area contributed by atoms with E-state index in [1.54, 1.807) is 35.0 Å². The second-order valence-corrected chi connectivity index (χ2v) is 8.63. The van der Waals surface area contributed by atoms with Gasteiger partial charge in [0.05, 0.1) is 36.1 Å². The van der Waals surface area contributed by atoms with Crippen molar-refractivity contribution in [2.45, 2.75) is 6.54 Å². The number of nitrogens with zero attached hydrogens (tertiary/aromatic N) is 4. The van der Waals surface area contributed by atoms with Gasteiger partial charge < -0.3 is 18.8 Å². The van der Waals surface area contributed by atoms with Crippen molar-refractivity contribution < 1.29 is 9.13 Å². The summed E-state index contributed by atoms with van der Waals surface area (Å²) >= 11 is 3.19. The highest BCUT2D eigenvalue weighted by Crippen LogP contribution is 2.31. The van der Waals surface area contributed by atoms with Crippen LogP contribution in [0.4, 0.5) is 10.1 Å². The zero-order chi connectivity index (χ0) is 22.2. The van der Waals surface area contributed by atoms with Gasteiger partial charge in [0.25, 0.3) is 5.56 Å². The lowest BCUT2D eigenvalue weighted by Crippen LogP contribution is -2.36. The van der Waals surface area contributed by atoms with Crippen LogP contribution in [0.15, 0.2) is 64.3 Å². The van der Waals surface area contributed by atoms with Crippen LogP contribution in [0.2, 0.25) is 0 Å². The van der Waals surface area contributed by atoms with Crippen molar-refractivity contribution in [3.63, 3.8) is 0 Å². The molecular formula is C24H21BrFN4O2. The van der Waals surface area contributed by atoms with Gasteiger partial charge in [0.1, 0.15) is 11.5 Å². The minimum atomic E-state index is -0.356. The lowest BCUT2D eigenvalue weighted by atomic mass is 10.1. The summed E-state index contributed by atoms with van der Waals surface area (Å²) in [6.07, 6.45) is 5.43. The molecule has 0 spiro atoms. The number of halogens is 2. The van der Waals surface area contributed by atoms with Gasteiger partial charge in [-0.05, 0) is 39.7 Å². The predicted molar refractivity (Wildman–Crippen MR) is 126 cm³/mol. The van der Waals surface area contributed by atoms with Crippen LogP contribution in [0.5, 0.6) is 0 Å². The van der Waals surface area contributed by atoms with Gasteiger partial charge in [0.15, 0.2) is 0 Å². The summed E-state index contributed by atoms with van der Waals surface area (Å²) in [7, 11) is 4.04. The van der Waals surface area contributed by atoms with Gasteiger partial charge in [-0.1, -0.05) is 12.1 Å². The highest BCUT2D eigenvalue weighted by atomic mass is 79.9. The van der Waals surface area contributed by atoms with Gasteiger partial charge in [-0.15, -0.1) is 0 Å². The van der Waals surface area contributed by atoms with E-state index in [0.717, 1.165) is 40.9 Å². The summed E-state index contributed by atoms with van der Waals surface area (Å²) in [4.78, 5) is 19.7. The summed E-state index contributed by atoms with van der Waals surface area (Å²) in [5, 5.41) is 0.930. The zero-order valence-corrected chi connectivity index (χ0v) is 18.9. The maximum Gasteiger partial charge on any atom is 0.251 e. The molecule has 0 N–H and O–H groups in total. The van der Waals surface area contributed by atoms with Gasteiger partial charge >= 0.3 is 0 Å². The Hall–Kier alpha value is -2.97. The van der Waals surface area contributed by atoms with Crippen molar-refractivity contribution in [3.8, 4) is 11.1 Å². The second kappa shape index (κ2) is 8.52. The lowest BCUT2D eigenvalue weighted by Gasteiger charge is -2.28. The van der Waals surface area contributed by atoms with Crippen molar-refractivity contribution in [2.75, 3.05) is 31.2 Å². The summed E-state index contributed by atoms with van der Waals surface area (Å²) in [6, 6.07) is 10.6. The fraction of sp³-hybridized carbons (Fsp3) is 0.208. The number of benzene rings is 1. The fourth-order valence-electron chi connectivity index (χ4n) is 4.04. The monoisotopic (exact) mass is 495 g/mol. The van der Waals surface area contributed by atoms with Gasteiger partial charge in [0.2, 0.25) is 0 Å². The van der Waals surface area contributed by atoms with E-state index in [4.69, 9.17) is 4.74 Å². The van der Waals surface area contributed by atoms with Crippen molar-refractivity contribution in [1.82, 2.24) is 14.1 Å². The van der Waals surface area contributed by atoms with Crippen molar-refractivity contribution in [3.05, 3.63) is 88.2 Å². The number of pyridine rings is 2. The van der Waals surface area contributed by atoms with Crippen molar-refractivity contribution in [1.29, 1.82) is 0 Å². The Balaban J connectivity index is 1.51. The van der Waals surface area contributed by atoms with E-state index in [1.807, 2.05) is 18.5 Å². The average molecular weight is 496 g/mol. The van der Waals surface area contributed by atoms with E-state index in [0.29, 0.717) is 23.2 Å². The maximum atomic E-state index is 14.3. The molecule has 3 aromatic heterocycles. The molecule has 1 aromatic carbocycles. The Labute approximate surface area is 193 Å². The van der Waals surface area contributed by atoms with Crippen LogP contribution in [-0.4, -0.2) is 40.4 Å². The molecule has 5 rings (SSSR count). The molecule has 8 heteroatoms. The van der Waals surface area contributed by atoms with Crippen molar-refractivity contribution >= 4 is 32.7 Å². The molecule has 0 bridgehead atoms. The van der Waals surface area contributed by atoms with Crippen LogP contribution >= 0.6 is 15.9 Å². The van der Waals surface area contributed by atoms with E-state index >= 15 is 0 Å². The molecule has 1 aliphatic rings. The smallest absolute Gasteiger partial charge is 0.251 e. The van der Waals surface area contributed by atoms with Gasteiger partial charge in [-0.3, -0.25) is 4.79 Å². The van der Waals surface area contributed by atoms with Crippen molar-refractivity contribution in [2.24, 2.45) is 0 Å². The molecule has 163 valence electrons. The van der Waals surface area contributed by atoms with Crippen LogP contribution in [0.3, 0.4) is 0 Å².